The van der Waals surface area contributed by atoms with Crippen molar-refractivity contribution in [2.24, 2.45) is 0 Å². The van der Waals surface area contributed by atoms with Crippen LogP contribution >= 0.6 is 27.3 Å². The Balaban J connectivity index is 2.05. The van der Waals surface area contributed by atoms with Gasteiger partial charge in [-0.2, -0.15) is 0 Å². The highest BCUT2D eigenvalue weighted by molar-refractivity contribution is 9.10. The first kappa shape index (κ1) is 14.2. The van der Waals surface area contributed by atoms with Gasteiger partial charge in [-0.05, 0) is 32.3 Å². The molecule has 1 heterocycles. The van der Waals surface area contributed by atoms with Crippen LogP contribution in [0.3, 0.4) is 0 Å². The van der Waals surface area contributed by atoms with Crippen LogP contribution in [0.2, 0.25) is 0 Å². The van der Waals surface area contributed by atoms with Gasteiger partial charge in [-0.25, -0.2) is 4.98 Å². The van der Waals surface area contributed by atoms with E-state index in [1.54, 1.807) is 12.1 Å². The van der Waals surface area contributed by atoms with Gasteiger partial charge in [0.25, 0.3) is 5.91 Å². The summed E-state index contributed by atoms with van der Waals surface area (Å²) < 4.78 is 0.882. The smallest absolute Gasteiger partial charge is 0.257 e. The predicted octanol–water partition coefficient (Wildman–Crippen LogP) is 3.22. The maximum Gasteiger partial charge on any atom is 0.257 e. The van der Waals surface area contributed by atoms with Crippen molar-refractivity contribution < 1.29 is 4.79 Å². The number of aromatic nitrogens is 1. The third kappa shape index (κ3) is 4.12. The molecular weight excluding hydrogens is 326 g/mol. The fraction of sp³-hybridized carbons (Fsp3) is 0.231. The summed E-state index contributed by atoms with van der Waals surface area (Å²) in [7, 11) is 3.97. The third-order valence-electron chi connectivity index (χ3n) is 2.34. The van der Waals surface area contributed by atoms with Crippen molar-refractivity contribution >= 4 is 38.3 Å². The fourth-order valence-electron chi connectivity index (χ4n) is 1.56. The monoisotopic (exact) mass is 339 g/mol. The number of hydrogen-bond acceptors (Lipinski definition) is 4. The van der Waals surface area contributed by atoms with Gasteiger partial charge in [-0.3, -0.25) is 10.1 Å². The van der Waals surface area contributed by atoms with Crippen LogP contribution in [0, 0.1) is 0 Å². The van der Waals surface area contributed by atoms with E-state index in [0.717, 1.165) is 16.7 Å². The van der Waals surface area contributed by atoms with E-state index in [0.29, 0.717) is 10.7 Å². The molecule has 2 aromatic rings. The molecule has 19 heavy (non-hydrogen) atoms. The van der Waals surface area contributed by atoms with Crippen molar-refractivity contribution in [1.82, 2.24) is 9.88 Å². The standard InChI is InChI=1S/C13H14BrN3OS/c1-17(2)7-11-8-19-13(15-11)16-12(18)9-4-3-5-10(14)6-9/h3-6,8H,7H2,1-2H3,(H,15,16,18). The van der Waals surface area contributed by atoms with Gasteiger partial charge >= 0.3 is 0 Å². The highest BCUT2D eigenvalue weighted by Gasteiger charge is 2.09. The van der Waals surface area contributed by atoms with Crippen molar-refractivity contribution in [2.75, 3.05) is 19.4 Å². The number of amides is 1. The van der Waals surface area contributed by atoms with Gasteiger partial charge in [0.2, 0.25) is 0 Å². The Kier molecular flexibility index (Phi) is 4.68. The molecule has 0 saturated heterocycles. The number of rotatable bonds is 4. The second-order valence-electron chi connectivity index (χ2n) is 4.35. The molecule has 0 fully saturated rings. The van der Waals surface area contributed by atoms with Crippen LogP contribution in [0.15, 0.2) is 34.1 Å². The van der Waals surface area contributed by atoms with Crippen LogP contribution in [-0.4, -0.2) is 29.9 Å². The lowest BCUT2D eigenvalue weighted by atomic mass is 10.2. The molecule has 2 rings (SSSR count). The highest BCUT2D eigenvalue weighted by atomic mass is 79.9. The van der Waals surface area contributed by atoms with Gasteiger partial charge in [0.15, 0.2) is 5.13 Å². The summed E-state index contributed by atoms with van der Waals surface area (Å²) >= 11 is 4.79. The summed E-state index contributed by atoms with van der Waals surface area (Å²) in [6.45, 7) is 0.767. The lowest BCUT2D eigenvalue weighted by molar-refractivity contribution is 0.102. The summed E-state index contributed by atoms with van der Waals surface area (Å²) in [5, 5.41) is 5.39. The summed E-state index contributed by atoms with van der Waals surface area (Å²) in [6.07, 6.45) is 0. The topological polar surface area (TPSA) is 45.2 Å². The quantitative estimate of drug-likeness (QED) is 0.930. The Bertz CT molecular complexity index is 583. The van der Waals surface area contributed by atoms with Gasteiger partial charge in [0.05, 0.1) is 5.69 Å². The molecule has 100 valence electrons. The maximum absolute atomic E-state index is 12.0. The molecule has 0 aliphatic rings. The normalized spacial score (nSPS) is 10.7. The van der Waals surface area contributed by atoms with Gasteiger partial charge in [-0.1, -0.05) is 22.0 Å². The largest absolute Gasteiger partial charge is 0.304 e. The summed E-state index contributed by atoms with van der Waals surface area (Å²) in [6, 6.07) is 7.27. The number of hydrogen-bond donors (Lipinski definition) is 1. The maximum atomic E-state index is 12.0. The molecular formula is C13H14BrN3OS. The second-order valence-corrected chi connectivity index (χ2v) is 6.12. The van der Waals surface area contributed by atoms with Crippen molar-refractivity contribution in [1.29, 1.82) is 0 Å². The number of thiazole rings is 1. The zero-order valence-corrected chi connectivity index (χ0v) is 13.1. The van der Waals surface area contributed by atoms with Crippen molar-refractivity contribution in [3.05, 3.63) is 45.4 Å². The molecule has 1 N–H and O–H groups in total. The lowest BCUT2D eigenvalue weighted by Gasteiger charge is -2.05. The lowest BCUT2D eigenvalue weighted by Crippen LogP contribution is -2.13. The minimum Gasteiger partial charge on any atom is -0.304 e. The zero-order valence-electron chi connectivity index (χ0n) is 10.7. The predicted molar refractivity (Wildman–Crippen MR) is 81.6 cm³/mol. The van der Waals surface area contributed by atoms with Crippen LogP contribution in [0.1, 0.15) is 16.1 Å². The van der Waals surface area contributed by atoms with E-state index in [9.17, 15) is 4.79 Å². The molecule has 0 atom stereocenters. The van der Waals surface area contributed by atoms with Crippen molar-refractivity contribution in [2.45, 2.75) is 6.54 Å². The Morgan fingerprint density at radius 3 is 2.95 bits per heavy atom. The molecule has 1 aromatic carbocycles. The van der Waals surface area contributed by atoms with E-state index in [-0.39, 0.29) is 5.91 Å². The molecule has 0 saturated carbocycles. The number of nitrogens with one attached hydrogen (secondary N) is 1. The van der Waals surface area contributed by atoms with Crippen LogP contribution in [0.4, 0.5) is 5.13 Å². The van der Waals surface area contributed by atoms with Crippen LogP contribution in [0.5, 0.6) is 0 Å². The van der Waals surface area contributed by atoms with Gasteiger partial charge in [-0.15, -0.1) is 11.3 Å². The number of halogens is 1. The van der Waals surface area contributed by atoms with Crippen molar-refractivity contribution in [3.8, 4) is 0 Å². The minimum atomic E-state index is -0.146. The van der Waals surface area contributed by atoms with E-state index in [1.165, 1.54) is 11.3 Å². The number of benzene rings is 1. The van der Waals surface area contributed by atoms with E-state index >= 15 is 0 Å². The Morgan fingerprint density at radius 1 is 1.47 bits per heavy atom. The molecule has 4 nitrogen and oxygen atoms in total. The molecule has 0 unspecified atom stereocenters. The average molecular weight is 340 g/mol. The van der Waals surface area contributed by atoms with Crippen LogP contribution in [0.25, 0.3) is 0 Å². The molecule has 1 aromatic heterocycles. The zero-order chi connectivity index (χ0) is 13.8. The summed E-state index contributed by atoms with van der Waals surface area (Å²) in [5.74, 6) is -0.146. The van der Waals surface area contributed by atoms with E-state index < -0.39 is 0 Å². The van der Waals surface area contributed by atoms with Crippen molar-refractivity contribution in [3.63, 3.8) is 0 Å². The molecule has 0 radical (unpaired) electrons. The van der Waals surface area contributed by atoms with Gasteiger partial charge in [0.1, 0.15) is 0 Å². The molecule has 0 aliphatic heterocycles. The molecule has 6 heteroatoms. The SMILES string of the molecule is CN(C)Cc1csc(NC(=O)c2cccc(Br)c2)n1. The fourth-order valence-corrected chi connectivity index (χ4v) is 2.66. The Hall–Kier alpha value is -1.24. The first-order valence-electron chi connectivity index (χ1n) is 5.70. The molecule has 1 amide bonds. The third-order valence-corrected chi connectivity index (χ3v) is 3.64. The highest BCUT2D eigenvalue weighted by Crippen LogP contribution is 2.18. The van der Waals surface area contributed by atoms with Crippen LogP contribution < -0.4 is 5.32 Å². The molecule has 0 aliphatic carbocycles. The molecule has 0 bridgehead atoms. The number of anilines is 1. The molecule has 0 spiro atoms. The number of nitrogens with zero attached hydrogens (tertiary/aromatic N) is 2. The summed E-state index contributed by atoms with van der Waals surface area (Å²) in [4.78, 5) is 18.4. The second kappa shape index (κ2) is 6.27. The number of carbonyl (C=O) groups excluding carboxylic acids is 1. The number of carbonyl (C=O) groups is 1. The van der Waals surface area contributed by atoms with E-state index in [2.05, 4.69) is 26.2 Å². The summed E-state index contributed by atoms with van der Waals surface area (Å²) in [5.41, 5.74) is 1.57. The Labute approximate surface area is 124 Å². The van der Waals surface area contributed by atoms with E-state index in [1.807, 2.05) is 36.5 Å². The Morgan fingerprint density at radius 2 is 2.26 bits per heavy atom. The average Bonchev–Trinajstić information content (AvgIpc) is 2.75. The first-order valence-corrected chi connectivity index (χ1v) is 7.38. The minimum absolute atomic E-state index is 0.146. The van der Waals surface area contributed by atoms with Crippen LogP contribution in [-0.2, 0) is 6.54 Å². The van der Waals surface area contributed by atoms with Gasteiger partial charge < -0.3 is 4.90 Å². The van der Waals surface area contributed by atoms with E-state index in [4.69, 9.17) is 0 Å². The van der Waals surface area contributed by atoms with Gasteiger partial charge in [0, 0.05) is 22.0 Å². The first-order chi connectivity index (χ1) is 9.04.